The molecule has 1 amide bonds. The van der Waals surface area contributed by atoms with Crippen molar-refractivity contribution < 1.29 is 18.7 Å². The molecular weight excluding hydrogens is 375 g/mol. The van der Waals surface area contributed by atoms with Gasteiger partial charge in [-0.15, -0.1) is 0 Å². The number of halogens is 1. The van der Waals surface area contributed by atoms with Crippen molar-refractivity contribution in [2.75, 3.05) is 17.2 Å². The van der Waals surface area contributed by atoms with Crippen LogP contribution in [0.4, 0.5) is 21.5 Å². The fourth-order valence-corrected chi connectivity index (χ4v) is 2.78. The standard InChI is InChI=1S/C21H21FN4O3/c1-4-29-21(28)17-10-19(18(22)8-13(17)2)25-20(27)14-6-5-7-15(9-14)24-16-11-23-26(3)12-16/h5-12,24H,4H2,1-3H3,(H,25,27). The van der Waals surface area contributed by atoms with Gasteiger partial charge in [0.2, 0.25) is 0 Å². The molecule has 1 heterocycles. The summed E-state index contributed by atoms with van der Waals surface area (Å²) in [6.07, 6.45) is 3.46. The number of aromatic nitrogens is 2. The fraction of sp³-hybridized carbons (Fsp3) is 0.190. The molecule has 2 N–H and O–H groups in total. The molecule has 150 valence electrons. The van der Waals surface area contributed by atoms with Crippen molar-refractivity contribution in [2.24, 2.45) is 7.05 Å². The number of anilines is 3. The highest BCUT2D eigenvalue weighted by Gasteiger charge is 2.17. The summed E-state index contributed by atoms with van der Waals surface area (Å²) in [5, 5.41) is 9.74. The number of hydrogen-bond donors (Lipinski definition) is 2. The Hall–Kier alpha value is -3.68. The summed E-state index contributed by atoms with van der Waals surface area (Å²) in [4.78, 5) is 24.7. The van der Waals surface area contributed by atoms with Gasteiger partial charge in [-0.05, 0) is 49.7 Å². The molecule has 0 unspecified atom stereocenters. The normalized spacial score (nSPS) is 10.5. The third-order valence-corrected chi connectivity index (χ3v) is 4.18. The van der Waals surface area contributed by atoms with Crippen molar-refractivity contribution >= 4 is 28.9 Å². The first-order valence-electron chi connectivity index (χ1n) is 9.01. The molecule has 0 aliphatic carbocycles. The number of ether oxygens (including phenoxy) is 1. The molecule has 0 fully saturated rings. The van der Waals surface area contributed by atoms with E-state index in [1.807, 2.05) is 0 Å². The van der Waals surface area contributed by atoms with E-state index in [1.165, 1.54) is 12.1 Å². The van der Waals surface area contributed by atoms with Gasteiger partial charge in [0.25, 0.3) is 5.91 Å². The zero-order valence-corrected chi connectivity index (χ0v) is 16.3. The highest BCUT2D eigenvalue weighted by molar-refractivity contribution is 6.05. The minimum atomic E-state index is -0.631. The van der Waals surface area contributed by atoms with Crippen LogP contribution in [0.3, 0.4) is 0 Å². The summed E-state index contributed by atoms with van der Waals surface area (Å²) in [6.45, 7) is 3.49. The summed E-state index contributed by atoms with van der Waals surface area (Å²) < 4.78 is 21.0. The maximum atomic E-state index is 14.3. The Kier molecular flexibility index (Phi) is 5.92. The van der Waals surface area contributed by atoms with Gasteiger partial charge >= 0.3 is 5.97 Å². The third-order valence-electron chi connectivity index (χ3n) is 4.18. The van der Waals surface area contributed by atoms with Gasteiger partial charge in [0.1, 0.15) is 5.82 Å². The van der Waals surface area contributed by atoms with E-state index in [-0.39, 0.29) is 17.9 Å². The molecule has 0 aliphatic rings. The van der Waals surface area contributed by atoms with E-state index in [4.69, 9.17) is 4.74 Å². The van der Waals surface area contributed by atoms with Crippen LogP contribution in [0.1, 0.15) is 33.2 Å². The Morgan fingerprint density at radius 2 is 2.00 bits per heavy atom. The molecule has 1 aromatic heterocycles. The largest absolute Gasteiger partial charge is 0.462 e. The van der Waals surface area contributed by atoms with Gasteiger partial charge in [0.15, 0.2) is 0 Å². The topological polar surface area (TPSA) is 85.2 Å². The highest BCUT2D eigenvalue weighted by atomic mass is 19.1. The Labute approximate surface area is 167 Å². The molecular formula is C21H21FN4O3. The van der Waals surface area contributed by atoms with E-state index in [9.17, 15) is 14.0 Å². The van der Waals surface area contributed by atoms with Gasteiger partial charge in [-0.25, -0.2) is 9.18 Å². The van der Waals surface area contributed by atoms with Crippen molar-refractivity contribution in [3.05, 3.63) is 71.3 Å². The quantitative estimate of drug-likeness (QED) is 0.614. The molecule has 0 saturated heterocycles. The first kappa shape index (κ1) is 20.1. The molecule has 7 nitrogen and oxygen atoms in total. The lowest BCUT2D eigenvalue weighted by atomic mass is 10.1. The third kappa shape index (κ3) is 4.78. The van der Waals surface area contributed by atoms with Crippen molar-refractivity contribution in [1.29, 1.82) is 0 Å². The van der Waals surface area contributed by atoms with Gasteiger partial charge in [-0.2, -0.15) is 5.10 Å². The number of carbonyl (C=O) groups is 2. The van der Waals surface area contributed by atoms with E-state index in [0.29, 0.717) is 16.8 Å². The van der Waals surface area contributed by atoms with E-state index in [1.54, 1.807) is 62.2 Å². The number of benzene rings is 2. The van der Waals surface area contributed by atoms with Gasteiger partial charge < -0.3 is 15.4 Å². The van der Waals surface area contributed by atoms with Crippen LogP contribution >= 0.6 is 0 Å². The zero-order valence-electron chi connectivity index (χ0n) is 16.3. The summed E-state index contributed by atoms with van der Waals surface area (Å²) in [5.74, 6) is -1.70. The summed E-state index contributed by atoms with van der Waals surface area (Å²) in [7, 11) is 1.80. The van der Waals surface area contributed by atoms with E-state index >= 15 is 0 Å². The van der Waals surface area contributed by atoms with Gasteiger partial charge in [0.05, 0.1) is 29.7 Å². The van der Waals surface area contributed by atoms with E-state index < -0.39 is 17.7 Å². The number of esters is 1. The number of rotatable bonds is 6. The Morgan fingerprint density at radius 1 is 1.21 bits per heavy atom. The second kappa shape index (κ2) is 8.55. The van der Waals surface area contributed by atoms with Crippen molar-refractivity contribution in [1.82, 2.24) is 9.78 Å². The lowest BCUT2D eigenvalue weighted by Gasteiger charge is -2.12. The maximum absolute atomic E-state index is 14.3. The lowest BCUT2D eigenvalue weighted by molar-refractivity contribution is 0.0525. The Balaban J connectivity index is 1.80. The van der Waals surface area contributed by atoms with Crippen LogP contribution in [0.25, 0.3) is 0 Å². The molecule has 0 radical (unpaired) electrons. The van der Waals surface area contributed by atoms with Gasteiger partial charge in [-0.1, -0.05) is 6.07 Å². The van der Waals surface area contributed by atoms with E-state index in [0.717, 1.165) is 5.69 Å². The number of aryl methyl sites for hydroxylation is 2. The second-order valence-corrected chi connectivity index (χ2v) is 6.43. The Morgan fingerprint density at radius 3 is 2.69 bits per heavy atom. The fourth-order valence-electron chi connectivity index (χ4n) is 2.78. The van der Waals surface area contributed by atoms with E-state index in [2.05, 4.69) is 15.7 Å². The number of nitrogens with zero attached hydrogens (tertiary/aromatic N) is 2. The van der Waals surface area contributed by atoms with Crippen LogP contribution in [0.5, 0.6) is 0 Å². The van der Waals surface area contributed by atoms with Crippen LogP contribution < -0.4 is 10.6 Å². The van der Waals surface area contributed by atoms with Crippen LogP contribution in [0.15, 0.2) is 48.8 Å². The molecule has 3 aromatic rings. The summed E-state index contributed by atoms with van der Waals surface area (Å²) >= 11 is 0. The van der Waals surface area contributed by atoms with Crippen LogP contribution in [0, 0.1) is 12.7 Å². The number of carbonyl (C=O) groups excluding carboxylic acids is 2. The van der Waals surface area contributed by atoms with Crippen molar-refractivity contribution in [3.8, 4) is 0 Å². The molecule has 3 rings (SSSR count). The van der Waals surface area contributed by atoms with Crippen LogP contribution in [-0.4, -0.2) is 28.3 Å². The summed E-state index contributed by atoms with van der Waals surface area (Å²) in [6, 6.07) is 9.25. The molecule has 0 aliphatic heterocycles. The predicted octanol–water partition coefficient (Wildman–Crippen LogP) is 4.04. The molecule has 29 heavy (non-hydrogen) atoms. The number of hydrogen-bond acceptors (Lipinski definition) is 5. The molecule has 8 heteroatoms. The average molecular weight is 396 g/mol. The molecule has 0 saturated carbocycles. The van der Waals surface area contributed by atoms with Crippen LogP contribution in [-0.2, 0) is 11.8 Å². The van der Waals surface area contributed by atoms with Crippen molar-refractivity contribution in [2.45, 2.75) is 13.8 Å². The minimum Gasteiger partial charge on any atom is -0.462 e. The maximum Gasteiger partial charge on any atom is 0.338 e. The minimum absolute atomic E-state index is 0.0886. The van der Waals surface area contributed by atoms with Crippen molar-refractivity contribution in [3.63, 3.8) is 0 Å². The first-order valence-corrected chi connectivity index (χ1v) is 9.01. The SMILES string of the molecule is CCOC(=O)c1cc(NC(=O)c2cccc(Nc3cnn(C)c3)c2)c(F)cc1C. The monoisotopic (exact) mass is 396 g/mol. The zero-order chi connectivity index (χ0) is 21.0. The second-order valence-electron chi connectivity index (χ2n) is 6.43. The molecule has 0 spiro atoms. The first-order chi connectivity index (χ1) is 13.9. The lowest BCUT2D eigenvalue weighted by Crippen LogP contribution is -2.15. The average Bonchev–Trinajstić information content (AvgIpc) is 3.08. The van der Waals surface area contributed by atoms with Gasteiger partial charge in [0, 0.05) is 24.5 Å². The van der Waals surface area contributed by atoms with Crippen LogP contribution in [0.2, 0.25) is 0 Å². The molecule has 0 atom stereocenters. The smallest absolute Gasteiger partial charge is 0.338 e. The number of amides is 1. The van der Waals surface area contributed by atoms with Gasteiger partial charge in [-0.3, -0.25) is 9.48 Å². The predicted molar refractivity (Wildman–Crippen MR) is 108 cm³/mol. The highest BCUT2D eigenvalue weighted by Crippen LogP contribution is 2.23. The molecule has 0 bridgehead atoms. The summed E-state index contributed by atoms with van der Waals surface area (Å²) in [5.41, 5.74) is 2.33. The molecule has 2 aromatic carbocycles. The Bertz CT molecular complexity index is 1060. The number of nitrogens with one attached hydrogen (secondary N) is 2.